The van der Waals surface area contributed by atoms with Crippen molar-refractivity contribution in [1.82, 2.24) is 15.1 Å². The zero-order chi connectivity index (χ0) is 22.9. The van der Waals surface area contributed by atoms with Gasteiger partial charge in [0, 0.05) is 37.7 Å². The molecule has 2 fully saturated rings. The maximum Gasteiger partial charge on any atom is 0.238 e. The van der Waals surface area contributed by atoms with Crippen LogP contribution in [0.15, 0.2) is 48.5 Å². The van der Waals surface area contributed by atoms with Gasteiger partial charge in [-0.15, -0.1) is 0 Å². The average Bonchev–Trinajstić information content (AvgIpc) is 3.02. The lowest BCUT2D eigenvalue weighted by atomic mass is 9.76. The predicted octanol–water partition coefficient (Wildman–Crippen LogP) is 2.96. The number of benzene rings is 2. The summed E-state index contributed by atoms with van der Waals surface area (Å²) >= 11 is 0. The minimum atomic E-state index is -0.422. The molecule has 7 heteroatoms. The standard InChI is InChI=1S/C25H31FN4O2/c1-17-9-10-20(26)13-22(17)27-23(32)14-30-16-25(28-18(2)31)15-29(3)12-11-21(25)24(30)19-7-5-4-6-8-19/h4-10,13,21,24H,11-12,14-16H2,1-3H3,(H,27,32)(H,28,31)/t21-,24-,25-/m1/s1. The van der Waals surface area contributed by atoms with Gasteiger partial charge in [-0.3, -0.25) is 14.5 Å². The van der Waals surface area contributed by atoms with E-state index in [9.17, 15) is 14.0 Å². The number of likely N-dealkylation sites (tertiary alicyclic amines) is 2. The van der Waals surface area contributed by atoms with E-state index < -0.39 is 5.54 Å². The number of aryl methyl sites for hydroxylation is 1. The maximum atomic E-state index is 13.7. The molecule has 2 saturated heterocycles. The van der Waals surface area contributed by atoms with Crippen molar-refractivity contribution in [2.75, 3.05) is 38.5 Å². The Morgan fingerprint density at radius 2 is 1.91 bits per heavy atom. The van der Waals surface area contributed by atoms with Crippen molar-refractivity contribution in [2.45, 2.75) is 31.8 Å². The molecule has 2 amide bonds. The topological polar surface area (TPSA) is 64.7 Å². The number of amides is 2. The molecule has 0 aromatic heterocycles. The summed E-state index contributed by atoms with van der Waals surface area (Å²) in [6.45, 7) is 5.82. The summed E-state index contributed by atoms with van der Waals surface area (Å²) in [7, 11) is 2.07. The number of fused-ring (bicyclic) bond motifs is 1. The summed E-state index contributed by atoms with van der Waals surface area (Å²) in [4.78, 5) is 29.6. The van der Waals surface area contributed by atoms with Crippen LogP contribution in [-0.4, -0.2) is 60.4 Å². The van der Waals surface area contributed by atoms with Crippen molar-refractivity contribution in [3.63, 3.8) is 0 Å². The first-order valence-corrected chi connectivity index (χ1v) is 11.1. The number of likely N-dealkylation sites (N-methyl/N-ethyl adjacent to an activating group) is 1. The van der Waals surface area contributed by atoms with Crippen LogP contribution in [0.2, 0.25) is 0 Å². The van der Waals surface area contributed by atoms with Gasteiger partial charge in [0.1, 0.15) is 5.82 Å². The van der Waals surface area contributed by atoms with Gasteiger partial charge >= 0.3 is 0 Å². The molecule has 3 atom stereocenters. The summed E-state index contributed by atoms with van der Waals surface area (Å²) < 4.78 is 13.7. The van der Waals surface area contributed by atoms with Crippen LogP contribution in [0.1, 0.15) is 30.5 Å². The third-order valence-corrected chi connectivity index (χ3v) is 6.73. The van der Waals surface area contributed by atoms with Gasteiger partial charge in [-0.1, -0.05) is 36.4 Å². The van der Waals surface area contributed by atoms with Crippen molar-refractivity contribution in [3.05, 3.63) is 65.5 Å². The number of hydrogen-bond acceptors (Lipinski definition) is 4. The Bertz CT molecular complexity index is 999. The van der Waals surface area contributed by atoms with E-state index in [4.69, 9.17) is 0 Å². The highest BCUT2D eigenvalue weighted by atomic mass is 19.1. The van der Waals surface area contributed by atoms with E-state index in [0.717, 1.165) is 30.6 Å². The second-order valence-corrected chi connectivity index (χ2v) is 9.24. The molecule has 0 saturated carbocycles. The van der Waals surface area contributed by atoms with Gasteiger partial charge in [0.05, 0.1) is 12.1 Å². The Morgan fingerprint density at radius 3 is 2.62 bits per heavy atom. The lowest BCUT2D eigenvalue weighted by Crippen LogP contribution is -2.63. The molecule has 0 unspecified atom stereocenters. The summed E-state index contributed by atoms with van der Waals surface area (Å²) in [5.41, 5.74) is 2.02. The predicted molar refractivity (Wildman–Crippen MR) is 123 cm³/mol. The lowest BCUT2D eigenvalue weighted by molar-refractivity contribution is -0.122. The number of nitrogens with zero attached hydrogens (tertiary/aromatic N) is 2. The summed E-state index contributed by atoms with van der Waals surface area (Å²) in [5, 5.41) is 6.13. The zero-order valence-electron chi connectivity index (χ0n) is 18.9. The molecule has 2 N–H and O–H groups in total. The van der Waals surface area contributed by atoms with Gasteiger partial charge < -0.3 is 15.5 Å². The first kappa shape index (κ1) is 22.4. The second-order valence-electron chi connectivity index (χ2n) is 9.24. The molecule has 4 rings (SSSR count). The molecule has 0 radical (unpaired) electrons. The third-order valence-electron chi connectivity index (χ3n) is 6.73. The number of anilines is 1. The van der Waals surface area contributed by atoms with Crippen molar-refractivity contribution >= 4 is 17.5 Å². The highest BCUT2D eigenvalue weighted by Crippen LogP contribution is 2.47. The molecular weight excluding hydrogens is 407 g/mol. The van der Waals surface area contributed by atoms with E-state index in [1.807, 2.05) is 25.1 Å². The van der Waals surface area contributed by atoms with Gasteiger partial charge in [-0.25, -0.2) is 4.39 Å². The Kier molecular flexibility index (Phi) is 6.31. The average molecular weight is 439 g/mol. The van der Waals surface area contributed by atoms with Crippen LogP contribution in [0.5, 0.6) is 0 Å². The third kappa shape index (κ3) is 4.54. The Labute approximate surface area is 188 Å². The van der Waals surface area contributed by atoms with E-state index in [0.29, 0.717) is 12.2 Å². The SMILES string of the molecule is CC(=O)N[C@@]12CN(C)CC[C@@H]1[C@@H](c1ccccc1)N(CC(=O)Nc1cc(F)ccc1C)C2. The van der Waals surface area contributed by atoms with Crippen molar-refractivity contribution < 1.29 is 14.0 Å². The van der Waals surface area contributed by atoms with Crippen LogP contribution in [0.25, 0.3) is 0 Å². The molecule has 32 heavy (non-hydrogen) atoms. The molecule has 170 valence electrons. The lowest BCUT2D eigenvalue weighted by Gasteiger charge is -2.44. The molecule has 2 aromatic carbocycles. The number of piperidine rings is 1. The number of carbonyl (C=O) groups is 2. The number of carbonyl (C=O) groups excluding carboxylic acids is 2. The first-order chi connectivity index (χ1) is 15.3. The molecule has 2 aliphatic heterocycles. The summed E-state index contributed by atoms with van der Waals surface area (Å²) in [5.74, 6) is -0.440. The van der Waals surface area contributed by atoms with Crippen LogP contribution in [0, 0.1) is 18.7 Å². The molecule has 2 heterocycles. The Hall–Kier alpha value is -2.77. The molecule has 0 spiro atoms. The van der Waals surface area contributed by atoms with Crippen LogP contribution in [0.3, 0.4) is 0 Å². The highest BCUT2D eigenvalue weighted by molar-refractivity contribution is 5.93. The molecule has 6 nitrogen and oxygen atoms in total. The van der Waals surface area contributed by atoms with E-state index in [1.165, 1.54) is 12.1 Å². The summed E-state index contributed by atoms with van der Waals surface area (Å²) in [6, 6.07) is 14.6. The van der Waals surface area contributed by atoms with Crippen LogP contribution in [-0.2, 0) is 9.59 Å². The number of rotatable bonds is 5. The van der Waals surface area contributed by atoms with Gasteiger partial charge in [0.25, 0.3) is 0 Å². The summed E-state index contributed by atoms with van der Waals surface area (Å²) in [6.07, 6.45) is 0.928. The minimum absolute atomic E-state index is 0.0103. The van der Waals surface area contributed by atoms with E-state index >= 15 is 0 Å². The zero-order valence-corrected chi connectivity index (χ0v) is 18.9. The van der Waals surface area contributed by atoms with Crippen molar-refractivity contribution in [2.24, 2.45) is 5.92 Å². The van der Waals surface area contributed by atoms with Crippen LogP contribution in [0.4, 0.5) is 10.1 Å². The van der Waals surface area contributed by atoms with Gasteiger partial charge in [0.15, 0.2) is 0 Å². The molecule has 0 bridgehead atoms. The number of nitrogens with one attached hydrogen (secondary N) is 2. The fourth-order valence-corrected chi connectivity index (χ4v) is 5.53. The molecule has 2 aliphatic rings. The van der Waals surface area contributed by atoms with Crippen LogP contribution < -0.4 is 10.6 Å². The Morgan fingerprint density at radius 1 is 1.16 bits per heavy atom. The first-order valence-electron chi connectivity index (χ1n) is 11.1. The van der Waals surface area contributed by atoms with Gasteiger partial charge in [0.2, 0.25) is 11.8 Å². The molecular formula is C25H31FN4O2. The fraction of sp³-hybridized carbons (Fsp3) is 0.440. The Balaban J connectivity index is 1.63. The normalized spacial score (nSPS) is 25.9. The minimum Gasteiger partial charge on any atom is -0.348 e. The highest BCUT2D eigenvalue weighted by Gasteiger charge is 2.55. The smallest absolute Gasteiger partial charge is 0.238 e. The maximum absolute atomic E-state index is 13.7. The van der Waals surface area contributed by atoms with Gasteiger partial charge in [-0.05, 0) is 50.2 Å². The monoisotopic (exact) mass is 438 g/mol. The molecule has 2 aromatic rings. The second kappa shape index (κ2) is 9.00. The molecule has 0 aliphatic carbocycles. The van der Waals surface area contributed by atoms with Crippen LogP contribution >= 0.6 is 0 Å². The largest absolute Gasteiger partial charge is 0.348 e. The van der Waals surface area contributed by atoms with E-state index in [-0.39, 0.29) is 36.1 Å². The van der Waals surface area contributed by atoms with E-state index in [1.54, 1.807) is 13.0 Å². The van der Waals surface area contributed by atoms with Gasteiger partial charge in [-0.2, -0.15) is 0 Å². The number of halogens is 1. The number of hydrogen-bond donors (Lipinski definition) is 2. The van der Waals surface area contributed by atoms with E-state index in [2.05, 4.69) is 39.6 Å². The fourth-order valence-electron chi connectivity index (χ4n) is 5.53. The van der Waals surface area contributed by atoms with Crippen molar-refractivity contribution in [1.29, 1.82) is 0 Å². The quantitative estimate of drug-likeness (QED) is 0.754. The van der Waals surface area contributed by atoms with Crippen molar-refractivity contribution in [3.8, 4) is 0 Å².